The zero-order valence-corrected chi connectivity index (χ0v) is 7.78. The molecule has 0 fully saturated rings. The van der Waals surface area contributed by atoms with E-state index in [0.717, 1.165) is 0 Å². The maximum Gasteiger partial charge on any atom is 0.339 e. The molecule has 5 heteroatoms. The second-order valence-corrected chi connectivity index (χ2v) is 3.34. The lowest BCUT2D eigenvalue weighted by atomic mass is 9.99. The van der Waals surface area contributed by atoms with Crippen LogP contribution in [0.3, 0.4) is 0 Å². The minimum atomic E-state index is -1.17. The average Bonchev–Trinajstić information content (AvgIpc) is 2.17. The third-order valence-electron chi connectivity index (χ3n) is 2.39. The number of benzene rings is 1. The molecule has 0 saturated carbocycles. The Bertz CT molecular complexity index is 453. The fourth-order valence-corrected chi connectivity index (χ4v) is 1.63. The van der Waals surface area contributed by atoms with Gasteiger partial charge in [-0.3, -0.25) is 4.79 Å². The lowest BCUT2D eigenvalue weighted by Gasteiger charge is -2.18. The molecule has 3 N–H and O–H groups in total. The summed E-state index contributed by atoms with van der Waals surface area (Å²) in [5.41, 5.74) is 0.855. The van der Waals surface area contributed by atoms with E-state index < -0.39 is 5.97 Å². The molecule has 1 aliphatic rings. The first kappa shape index (κ1) is 9.51. The molecule has 2 rings (SSSR count). The number of amides is 1. The number of aromatic hydroxyl groups is 1. The van der Waals surface area contributed by atoms with Crippen LogP contribution >= 0.6 is 0 Å². The summed E-state index contributed by atoms with van der Waals surface area (Å²) in [7, 11) is 0. The van der Waals surface area contributed by atoms with E-state index in [0.29, 0.717) is 17.7 Å². The highest BCUT2D eigenvalue weighted by molar-refractivity contribution is 5.98. The topological polar surface area (TPSA) is 86.6 Å². The third kappa shape index (κ3) is 1.52. The van der Waals surface area contributed by atoms with Gasteiger partial charge in [-0.05, 0) is 18.6 Å². The molecule has 78 valence electrons. The van der Waals surface area contributed by atoms with E-state index in [1.54, 1.807) is 0 Å². The Kier molecular flexibility index (Phi) is 2.07. The van der Waals surface area contributed by atoms with E-state index in [9.17, 15) is 14.7 Å². The first-order valence-electron chi connectivity index (χ1n) is 4.47. The number of aromatic carboxylic acids is 1. The number of carboxylic acids is 1. The monoisotopic (exact) mass is 207 g/mol. The molecular weight excluding hydrogens is 198 g/mol. The number of rotatable bonds is 1. The van der Waals surface area contributed by atoms with Crippen molar-refractivity contribution in [3.05, 3.63) is 23.3 Å². The summed E-state index contributed by atoms with van der Waals surface area (Å²) in [5, 5.41) is 21.0. The van der Waals surface area contributed by atoms with E-state index in [1.807, 2.05) is 0 Å². The third-order valence-corrected chi connectivity index (χ3v) is 2.39. The van der Waals surface area contributed by atoms with E-state index in [1.165, 1.54) is 12.1 Å². The number of fused-ring (bicyclic) bond motifs is 1. The zero-order chi connectivity index (χ0) is 11.0. The number of hydrogen-bond donors (Lipinski definition) is 3. The fraction of sp³-hybridized carbons (Fsp3) is 0.200. The Morgan fingerprint density at radius 1 is 1.33 bits per heavy atom. The van der Waals surface area contributed by atoms with Crippen molar-refractivity contribution in [3.8, 4) is 5.75 Å². The smallest absolute Gasteiger partial charge is 0.339 e. The van der Waals surface area contributed by atoms with Gasteiger partial charge in [-0.15, -0.1) is 0 Å². The highest BCUT2D eigenvalue weighted by Gasteiger charge is 2.21. The molecule has 1 aromatic carbocycles. The predicted octanol–water partition coefficient (Wildman–Crippen LogP) is 0.975. The number of hydrogen-bond acceptors (Lipinski definition) is 3. The number of carbonyl (C=O) groups excluding carboxylic acids is 1. The van der Waals surface area contributed by atoms with Crippen molar-refractivity contribution in [2.75, 3.05) is 5.32 Å². The molecule has 1 aliphatic heterocycles. The fourth-order valence-electron chi connectivity index (χ4n) is 1.63. The van der Waals surface area contributed by atoms with Gasteiger partial charge in [-0.2, -0.15) is 0 Å². The van der Waals surface area contributed by atoms with Crippen molar-refractivity contribution in [3.63, 3.8) is 0 Å². The largest absolute Gasteiger partial charge is 0.507 e. The summed E-state index contributed by atoms with van der Waals surface area (Å²) in [6.45, 7) is 0. The minimum absolute atomic E-state index is 0.120. The second-order valence-electron chi connectivity index (χ2n) is 3.34. The minimum Gasteiger partial charge on any atom is -0.507 e. The Morgan fingerprint density at radius 3 is 2.73 bits per heavy atom. The molecule has 5 nitrogen and oxygen atoms in total. The normalized spacial score (nSPS) is 14.3. The molecule has 1 heterocycles. The quantitative estimate of drug-likeness (QED) is 0.640. The summed E-state index contributed by atoms with van der Waals surface area (Å²) in [6.07, 6.45) is 0.637. The van der Waals surface area contributed by atoms with Crippen molar-refractivity contribution < 1.29 is 19.8 Å². The van der Waals surface area contributed by atoms with Crippen LogP contribution in [0.4, 0.5) is 5.69 Å². The Balaban J connectivity index is 2.53. The van der Waals surface area contributed by atoms with Crippen LogP contribution in [0.5, 0.6) is 5.75 Å². The van der Waals surface area contributed by atoms with Gasteiger partial charge in [-0.1, -0.05) is 0 Å². The number of nitrogens with one attached hydrogen (secondary N) is 1. The molecule has 0 unspecified atom stereocenters. The van der Waals surface area contributed by atoms with E-state index >= 15 is 0 Å². The van der Waals surface area contributed by atoms with Crippen molar-refractivity contribution >= 4 is 17.6 Å². The van der Waals surface area contributed by atoms with E-state index in [-0.39, 0.29) is 23.6 Å². The van der Waals surface area contributed by atoms with Gasteiger partial charge in [-0.25, -0.2) is 4.79 Å². The van der Waals surface area contributed by atoms with Gasteiger partial charge in [0, 0.05) is 17.7 Å². The van der Waals surface area contributed by atoms with Crippen LogP contribution in [0.2, 0.25) is 0 Å². The lowest BCUT2D eigenvalue weighted by molar-refractivity contribution is -0.116. The summed E-state index contributed by atoms with van der Waals surface area (Å²) in [4.78, 5) is 21.8. The maximum absolute atomic E-state index is 11.0. The highest BCUT2D eigenvalue weighted by Crippen LogP contribution is 2.33. The Morgan fingerprint density at radius 2 is 2.07 bits per heavy atom. The van der Waals surface area contributed by atoms with Crippen LogP contribution in [0.15, 0.2) is 12.1 Å². The summed E-state index contributed by atoms with van der Waals surface area (Å²) >= 11 is 0. The summed E-state index contributed by atoms with van der Waals surface area (Å²) in [5.74, 6) is -1.54. The van der Waals surface area contributed by atoms with Gasteiger partial charge in [0.1, 0.15) is 11.3 Å². The van der Waals surface area contributed by atoms with Crippen LogP contribution in [0.25, 0.3) is 0 Å². The molecule has 15 heavy (non-hydrogen) atoms. The van der Waals surface area contributed by atoms with Gasteiger partial charge in [0.2, 0.25) is 5.91 Å². The van der Waals surface area contributed by atoms with Crippen molar-refractivity contribution in [2.45, 2.75) is 12.8 Å². The van der Waals surface area contributed by atoms with Crippen LogP contribution in [-0.4, -0.2) is 22.1 Å². The first-order valence-corrected chi connectivity index (χ1v) is 4.47. The first-order chi connectivity index (χ1) is 7.09. The second kappa shape index (κ2) is 3.27. The molecule has 1 amide bonds. The van der Waals surface area contributed by atoms with E-state index in [4.69, 9.17) is 5.11 Å². The predicted molar refractivity (Wildman–Crippen MR) is 52.0 cm³/mol. The van der Waals surface area contributed by atoms with Gasteiger partial charge in [0.05, 0.1) is 0 Å². The molecule has 0 bridgehead atoms. The van der Waals surface area contributed by atoms with Crippen LogP contribution in [0.1, 0.15) is 22.3 Å². The molecule has 0 atom stereocenters. The summed E-state index contributed by atoms with van der Waals surface area (Å²) in [6, 6.07) is 2.78. The highest BCUT2D eigenvalue weighted by atomic mass is 16.4. The van der Waals surface area contributed by atoms with Crippen molar-refractivity contribution in [2.24, 2.45) is 0 Å². The number of phenols is 1. The Hall–Kier alpha value is -2.04. The summed E-state index contributed by atoms with van der Waals surface area (Å²) < 4.78 is 0. The van der Waals surface area contributed by atoms with Gasteiger partial charge >= 0.3 is 5.97 Å². The average molecular weight is 207 g/mol. The van der Waals surface area contributed by atoms with Crippen molar-refractivity contribution in [1.29, 1.82) is 0 Å². The SMILES string of the molecule is O=C1CCc2c(ccc(C(=O)O)c2O)N1. The van der Waals surface area contributed by atoms with Crippen molar-refractivity contribution in [1.82, 2.24) is 0 Å². The van der Waals surface area contributed by atoms with E-state index in [2.05, 4.69) is 5.32 Å². The Labute approximate surface area is 85.3 Å². The number of anilines is 1. The van der Waals surface area contributed by atoms with Gasteiger partial charge in [0.25, 0.3) is 0 Å². The maximum atomic E-state index is 11.0. The zero-order valence-electron chi connectivity index (χ0n) is 7.78. The van der Waals surface area contributed by atoms with Crippen LogP contribution in [-0.2, 0) is 11.2 Å². The molecule has 0 spiro atoms. The molecule has 0 radical (unpaired) electrons. The van der Waals surface area contributed by atoms with Crippen LogP contribution in [0, 0.1) is 0 Å². The number of carboxylic acid groups (broad SMARTS) is 1. The standard InChI is InChI=1S/C10H9NO4/c12-8-4-2-5-7(11-8)3-1-6(9(5)13)10(14)15/h1,3,13H,2,4H2,(H,11,12)(H,14,15). The van der Waals surface area contributed by atoms with Gasteiger partial charge < -0.3 is 15.5 Å². The molecule has 1 aromatic rings. The lowest BCUT2D eigenvalue weighted by Crippen LogP contribution is -2.19. The van der Waals surface area contributed by atoms with Crippen LogP contribution < -0.4 is 5.32 Å². The number of carbonyl (C=O) groups is 2. The molecule has 0 saturated heterocycles. The van der Waals surface area contributed by atoms with Gasteiger partial charge in [0.15, 0.2) is 0 Å². The molecular formula is C10H9NO4. The molecule has 0 aliphatic carbocycles. The molecule has 0 aromatic heterocycles.